The van der Waals surface area contributed by atoms with Crippen LogP contribution in [0.3, 0.4) is 0 Å². The Balaban J connectivity index is 1.12. The molecule has 0 radical (unpaired) electrons. The van der Waals surface area contributed by atoms with Crippen molar-refractivity contribution < 1.29 is 9.53 Å². The first-order valence-corrected chi connectivity index (χ1v) is 12.2. The van der Waals surface area contributed by atoms with Crippen molar-refractivity contribution in [3.63, 3.8) is 0 Å². The van der Waals surface area contributed by atoms with Gasteiger partial charge in [0.25, 0.3) is 5.91 Å². The number of amides is 1. The smallest absolute Gasteiger partial charge is 0.255 e. The van der Waals surface area contributed by atoms with E-state index in [2.05, 4.69) is 25.5 Å². The fourth-order valence-electron chi connectivity index (χ4n) is 4.83. The topological polar surface area (TPSA) is 108 Å². The number of benzene rings is 2. The molecule has 2 aliphatic rings. The average molecular weight is 483 g/mol. The van der Waals surface area contributed by atoms with Crippen molar-refractivity contribution >= 4 is 40.2 Å². The summed E-state index contributed by atoms with van der Waals surface area (Å²) in [6.45, 7) is 7.55. The van der Waals surface area contributed by atoms with Crippen LogP contribution in [-0.2, 0) is 6.42 Å². The molecule has 0 unspecified atom stereocenters. The summed E-state index contributed by atoms with van der Waals surface area (Å²) >= 11 is 6.33. The Morgan fingerprint density at radius 3 is 2.85 bits per heavy atom. The second-order valence-electron chi connectivity index (χ2n) is 9.78. The van der Waals surface area contributed by atoms with Crippen molar-refractivity contribution in [1.29, 1.82) is 0 Å². The number of ether oxygens (including phenoxy) is 1. The van der Waals surface area contributed by atoms with Gasteiger partial charge in [0.2, 0.25) is 5.95 Å². The molecular weight excluding hydrogens is 452 g/mol. The summed E-state index contributed by atoms with van der Waals surface area (Å²) in [4.78, 5) is 23.4. The number of rotatable bonds is 6. The van der Waals surface area contributed by atoms with Gasteiger partial charge < -0.3 is 31.0 Å². The summed E-state index contributed by atoms with van der Waals surface area (Å²) in [5.41, 5.74) is 9.55. The number of aromatic nitrogens is 2. The van der Waals surface area contributed by atoms with Gasteiger partial charge >= 0.3 is 0 Å². The maximum absolute atomic E-state index is 13.1. The van der Waals surface area contributed by atoms with E-state index >= 15 is 0 Å². The zero-order chi connectivity index (χ0) is 23.9. The number of nitrogens with zero attached hydrogens (tertiary/aromatic N) is 2. The van der Waals surface area contributed by atoms with Crippen molar-refractivity contribution in [2.24, 2.45) is 0 Å². The average Bonchev–Trinajstić information content (AvgIpc) is 3.37. The van der Waals surface area contributed by atoms with Crippen molar-refractivity contribution in [2.75, 3.05) is 37.2 Å². The van der Waals surface area contributed by atoms with Crippen molar-refractivity contribution in [2.45, 2.75) is 44.8 Å². The van der Waals surface area contributed by atoms with Gasteiger partial charge in [-0.1, -0.05) is 23.7 Å². The van der Waals surface area contributed by atoms with Gasteiger partial charge in [0.1, 0.15) is 11.4 Å². The molecule has 1 aromatic heterocycles. The Labute approximate surface area is 204 Å². The number of carbonyl (C=O) groups excluding carboxylic acids is 1. The minimum Gasteiger partial charge on any atom is -0.486 e. The number of H-pyrrole nitrogens is 1. The van der Waals surface area contributed by atoms with E-state index in [1.807, 2.05) is 38.1 Å². The van der Waals surface area contributed by atoms with Crippen LogP contribution in [0.25, 0.3) is 11.0 Å². The van der Waals surface area contributed by atoms with E-state index in [4.69, 9.17) is 22.1 Å². The predicted octanol–water partition coefficient (Wildman–Crippen LogP) is 3.82. The van der Waals surface area contributed by atoms with Crippen molar-refractivity contribution in [3.8, 4) is 5.75 Å². The van der Waals surface area contributed by atoms with Gasteiger partial charge in [-0.3, -0.25) is 4.79 Å². The van der Waals surface area contributed by atoms with E-state index in [0.717, 1.165) is 61.6 Å². The lowest BCUT2D eigenvalue weighted by Crippen LogP contribution is -2.45. The number of nitrogens with two attached hydrogens (primary N) is 1. The molecule has 3 aromatic rings. The number of fused-ring (bicyclic) bond motifs is 2. The quantitative estimate of drug-likeness (QED) is 0.398. The molecule has 34 heavy (non-hydrogen) atoms. The minimum absolute atomic E-state index is 0.119. The first-order valence-electron chi connectivity index (χ1n) is 11.8. The Morgan fingerprint density at radius 2 is 2.09 bits per heavy atom. The number of hydrogen-bond donors (Lipinski definition) is 4. The molecule has 2 aliphatic heterocycles. The summed E-state index contributed by atoms with van der Waals surface area (Å²) < 4.78 is 6.07. The molecule has 1 saturated heterocycles. The Kier molecular flexibility index (Phi) is 6.04. The third-order valence-corrected chi connectivity index (χ3v) is 6.94. The van der Waals surface area contributed by atoms with Gasteiger partial charge in [-0.05, 0) is 44.9 Å². The van der Waals surface area contributed by atoms with Crippen LogP contribution in [0, 0.1) is 0 Å². The first kappa shape index (κ1) is 22.8. The van der Waals surface area contributed by atoms with Crippen molar-refractivity contribution in [1.82, 2.24) is 20.2 Å². The lowest BCUT2D eigenvalue weighted by Gasteiger charge is -2.32. The molecule has 0 saturated carbocycles. The number of halogens is 1. The van der Waals surface area contributed by atoms with Gasteiger partial charge in [-0.15, -0.1) is 0 Å². The zero-order valence-electron chi connectivity index (χ0n) is 19.6. The van der Waals surface area contributed by atoms with E-state index in [0.29, 0.717) is 28.4 Å². The summed E-state index contributed by atoms with van der Waals surface area (Å²) in [5.74, 6) is 1.21. The maximum atomic E-state index is 13.1. The molecule has 0 bridgehead atoms. The largest absolute Gasteiger partial charge is 0.486 e. The summed E-state index contributed by atoms with van der Waals surface area (Å²) in [6.07, 6.45) is 2.43. The molecule has 180 valence electrons. The van der Waals surface area contributed by atoms with Gasteiger partial charge in [0.05, 0.1) is 27.3 Å². The number of carbonyl (C=O) groups is 1. The van der Waals surface area contributed by atoms with E-state index in [1.165, 1.54) is 0 Å². The maximum Gasteiger partial charge on any atom is 0.255 e. The minimum atomic E-state index is -0.405. The van der Waals surface area contributed by atoms with E-state index in [1.54, 1.807) is 6.07 Å². The molecule has 0 atom stereocenters. The second-order valence-corrected chi connectivity index (χ2v) is 10.2. The number of imidazole rings is 1. The highest BCUT2D eigenvalue weighted by Crippen LogP contribution is 2.44. The summed E-state index contributed by atoms with van der Waals surface area (Å²) in [7, 11) is 0. The number of nitrogen functional groups attached to an aromatic ring is 1. The lowest BCUT2D eigenvalue weighted by atomic mass is 9.98. The van der Waals surface area contributed by atoms with Crippen LogP contribution in [0.5, 0.6) is 5.75 Å². The number of likely N-dealkylation sites (tertiary alicyclic amines) is 1. The SMILES string of the molecule is CC1(C)Cc2c(N)c(Cl)cc(C(=O)NC3CCN(CCNc4nc5ccccc5[nH]4)CC3)c2O1. The standard InChI is InChI=1S/C25H31ClN6O2/c1-25(2)14-17-21(27)18(26)13-16(22(17)34-25)23(33)29-15-7-10-32(11-8-15)12-9-28-24-30-19-5-3-4-6-20(19)31-24/h3-6,13,15H,7-12,14,27H2,1-2H3,(H,29,33)(H2,28,30,31). The Hall–Kier alpha value is -2.97. The monoisotopic (exact) mass is 482 g/mol. The summed E-state index contributed by atoms with van der Waals surface area (Å²) in [6, 6.07) is 9.75. The van der Waals surface area contributed by atoms with Crippen LogP contribution in [0.4, 0.5) is 11.6 Å². The van der Waals surface area contributed by atoms with Gasteiger partial charge in [-0.25, -0.2) is 4.98 Å². The third kappa shape index (κ3) is 4.65. The number of aromatic amines is 1. The highest BCUT2D eigenvalue weighted by Gasteiger charge is 2.36. The van der Waals surface area contributed by atoms with E-state index < -0.39 is 5.60 Å². The molecule has 5 N–H and O–H groups in total. The van der Waals surface area contributed by atoms with Crippen LogP contribution < -0.4 is 21.1 Å². The van der Waals surface area contributed by atoms with Crippen LogP contribution in [0.15, 0.2) is 30.3 Å². The zero-order valence-corrected chi connectivity index (χ0v) is 20.3. The van der Waals surface area contributed by atoms with Crippen LogP contribution in [-0.4, -0.2) is 58.6 Å². The van der Waals surface area contributed by atoms with Gasteiger partial charge in [0.15, 0.2) is 0 Å². The molecule has 1 amide bonds. The van der Waals surface area contributed by atoms with Crippen LogP contribution >= 0.6 is 11.6 Å². The number of anilines is 2. The molecule has 3 heterocycles. The van der Waals surface area contributed by atoms with Crippen LogP contribution in [0.2, 0.25) is 5.02 Å². The van der Waals surface area contributed by atoms with Crippen LogP contribution in [0.1, 0.15) is 42.6 Å². The number of para-hydroxylation sites is 2. The normalized spacial score (nSPS) is 18.0. The van der Waals surface area contributed by atoms with E-state index in [9.17, 15) is 4.79 Å². The molecule has 5 rings (SSSR count). The molecule has 0 spiro atoms. The molecule has 9 heteroatoms. The molecule has 8 nitrogen and oxygen atoms in total. The number of piperidine rings is 1. The number of nitrogens with one attached hydrogen (secondary N) is 3. The fourth-order valence-corrected chi connectivity index (χ4v) is 5.05. The highest BCUT2D eigenvalue weighted by atomic mass is 35.5. The summed E-state index contributed by atoms with van der Waals surface area (Å²) in [5, 5.41) is 6.95. The fraction of sp³-hybridized carbons (Fsp3) is 0.440. The predicted molar refractivity (Wildman–Crippen MR) is 136 cm³/mol. The van der Waals surface area contributed by atoms with E-state index in [-0.39, 0.29) is 11.9 Å². The number of hydrogen-bond acceptors (Lipinski definition) is 6. The molecule has 0 aliphatic carbocycles. The Morgan fingerprint density at radius 1 is 1.32 bits per heavy atom. The second kappa shape index (κ2) is 9.00. The molecule has 2 aromatic carbocycles. The molecular formula is C25H31ClN6O2. The molecule has 1 fully saturated rings. The van der Waals surface area contributed by atoms with Gasteiger partial charge in [0, 0.05) is 44.2 Å². The van der Waals surface area contributed by atoms with Crippen molar-refractivity contribution in [3.05, 3.63) is 46.5 Å². The van der Waals surface area contributed by atoms with Gasteiger partial charge in [-0.2, -0.15) is 0 Å². The third-order valence-electron chi connectivity index (χ3n) is 6.63. The Bertz CT molecular complexity index is 1180. The lowest BCUT2D eigenvalue weighted by molar-refractivity contribution is 0.0899. The highest BCUT2D eigenvalue weighted by molar-refractivity contribution is 6.33. The first-order chi connectivity index (χ1) is 16.3.